The standard InChI is InChI=1S/C21H22ClNO3/c1-2-23(13-15-4-9-18-19(12-15)26-14-25-18)20(24)21(10-3-11-21)16-5-7-17(22)8-6-16/h4-9,12H,2-3,10-11,13-14H2,1H3. The lowest BCUT2D eigenvalue weighted by molar-refractivity contribution is -0.141. The fourth-order valence-corrected chi connectivity index (χ4v) is 3.94. The first-order chi connectivity index (χ1) is 12.6. The molecule has 0 N–H and O–H groups in total. The minimum atomic E-state index is -0.406. The molecule has 1 aliphatic carbocycles. The molecular weight excluding hydrogens is 350 g/mol. The van der Waals surface area contributed by atoms with E-state index in [1.807, 2.05) is 54.3 Å². The molecule has 26 heavy (non-hydrogen) atoms. The summed E-state index contributed by atoms with van der Waals surface area (Å²) >= 11 is 6.03. The minimum Gasteiger partial charge on any atom is -0.454 e. The van der Waals surface area contributed by atoms with Crippen molar-refractivity contribution < 1.29 is 14.3 Å². The van der Waals surface area contributed by atoms with Gasteiger partial charge in [-0.25, -0.2) is 0 Å². The highest BCUT2D eigenvalue weighted by Crippen LogP contribution is 2.45. The highest BCUT2D eigenvalue weighted by atomic mass is 35.5. The molecule has 1 saturated carbocycles. The quantitative estimate of drug-likeness (QED) is 0.774. The molecule has 5 heteroatoms. The summed E-state index contributed by atoms with van der Waals surface area (Å²) < 4.78 is 10.8. The molecular formula is C21H22ClNO3. The summed E-state index contributed by atoms with van der Waals surface area (Å²) in [5.74, 6) is 1.72. The number of hydrogen-bond donors (Lipinski definition) is 0. The van der Waals surface area contributed by atoms with Gasteiger partial charge in [0.15, 0.2) is 11.5 Å². The zero-order valence-electron chi connectivity index (χ0n) is 14.8. The SMILES string of the molecule is CCN(Cc1ccc2c(c1)OCO2)C(=O)C1(c2ccc(Cl)cc2)CCC1. The summed E-state index contributed by atoms with van der Waals surface area (Å²) in [6.07, 6.45) is 2.87. The average molecular weight is 372 g/mol. The molecule has 0 spiro atoms. The van der Waals surface area contributed by atoms with Gasteiger partial charge in [0.2, 0.25) is 12.7 Å². The predicted molar refractivity (Wildman–Crippen MR) is 101 cm³/mol. The third-order valence-corrected chi connectivity index (χ3v) is 5.74. The van der Waals surface area contributed by atoms with Crippen molar-refractivity contribution in [3.63, 3.8) is 0 Å². The van der Waals surface area contributed by atoms with Gasteiger partial charge < -0.3 is 14.4 Å². The molecule has 0 radical (unpaired) electrons. The molecule has 2 aromatic rings. The van der Waals surface area contributed by atoms with Crippen molar-refractivity contribution in [2.24, 2.45) is 0 Å². The summed E-state index contributed by atoms with van der Waals surface area (Å²) in [5.41, 5.74) is 1.72. The van der Waals surface area contributed by atoms with E-state index in [2.05, 4.69) is 0 Å². The lowest BCUT2D eigenvalue weighted by Crippen LogP contribution is -2.50. The molecule has 0 unspecified atom stereocenters. The summed E-state index contributed by atoms with van der Waals surface area (Å²) in [5, 5.41) is 0.698. The van der Waals surface area contributed by atoms with Crippen molar-refractivity contribution >= 4 is 17.5 Å². The number of nitrogens with zero attached hydrogens (tertiary/aromatic N) is 1. The summed E-state index contributed by atoms with van der Waals surface area (Å²) in [6, 6.07) is 13.6. The van der Waals surface area contributed by atoms with E-state index in [0.717, 1.165) is 41.9 Å². The van der Waals surface area contributed by atoms with Gasteiger partial charge >= 0.3 is 0 Å². The second kappa shape index (κ2) is 6.84. The van der Waals surface area contributed by atoms with Gasteiger partial charge in [-0.05, 0) is 55.2 Å². The van der Waals surface area contributed by atoms with Crippen LogP contribution in [-0.2, 0) is 16.8 Å². The maximum atomic E-state index is 13.4. The molecule has 2 aromatic carbocycles. The van der Waals surface area contributed by atoms with Crippen LogP contribution in [0.25, 0.3) is 0 Å². The van der Waals surface area contributed by atoms with E-state index in [-0.39, 0.29) is 12.7 Å². The van der Waals surface area contributed by atoms with Gasteiger partial charge in [-0.3, -0.25) is 4.79 Å². The van der Waals surface area contributed by atoms with Crippen molar-refractivity contribution in [3.8, 4) is 11.5 Å². The summed E-state index contributed by atoms with van der Waals surface area (Å²) in [7, 11) is 0. The Labute approximate surface area is 158 Å². The van der Waals surface area contributed by atoms with Crippen LogP contribution >= 0.6 is 11.6 Å². The molecule has 0 atom stereocenters. The second-order valence-electron chi connectivity index (χ2n) is 6.95. The van der Waals surface area contributed by atoms with E-state index in [4.69, 9.17) is 21.1 Å². The fourth-order valence-electron chi connectivity index (χ4n) is 3.81. The van der Waals surface area contributed by atoms with E-state index >= 15 is 0 Å². The largest absolute Gasteiger partial charge is 0.454 e. The average Bonchev–Trinajstić information content (AvgIpc) is 3.08. The Kier molecular flexibility index (Phi) is 4.53. The maximum absolute atomic E-state index is 13.4. The van der Waals surface area contributed by atoms with Crippen LogP contribution in [0.5, 0.6) is 11.5 Å². The number of hydrogen-bond acceptors (Lipinski definition) is 3. The highest BCUT2D eigenvalue weighted by Gasteiger charge is 2.47. The Bertz CT molecular complexity index is 815. The first-order valence-electron chi connectivity index (χ1n) is 9.06. The normalized spacial score (nSPS) is 16.8. The Balaban J connectivity index is 1.57. The zero-order chi connectivity index (χ0) is 18.1. The Hall–Kier alpha value is -2.20. The molecule has 0 aromatic heterocycles. The van der Waals surface area contributed by atoms with Crippen LogP contribution in [0, 0.1) is 0 Å². The van der Waals surface area contributed by atoms with Gasteiger partial charge in [-0.1, -0.05) is 36.2 Å². The van der Waals surface area contributed by atoms with Crippen molar-refractivity contribution in [2.75, 3.05) is 13.3 Å². The third-order valence-electron chi connectivity index (χ3n) is 5.49. The second-order valence-corrected chi connectivity index (χ2v) is 7.39. The first kappa shape index (κ1) is 17.2. The molecule has 0 bridgehead atoms. The van der Waals surface area contributed by atoms with Crippen LogP contribution in [0.3, 0.4) is 0 Å². The van der Waals surface area contributed by atoms with Crippen LogP contribution in [0.2, 0.25) is 5.02 Å². The molecule has 1 aliphatic heterocycles. The smallest absolute Gasteiger partial charge is 0.233 e. The molecule has 4 nitrogen and oxygen atoms in total. The number of halogens is 1. The van der Waals surface area contributed by atoms with E-state index in [9.17, 15) is 4.79 Å². The minimum absolute atomic E-state index is 0.200. The molecule has 1 amide bonds. The molecule has 2 aliphatic rings. The molecule has 1 heterocycles. The number of carbonyl (C=O) groups is 1. The number of fused-ring (bicyclic) bond motifs is 1. The lowest BCUT2D eigenvalue weighted by atomic mass is 9.63. The van der Waals surface area contributed by atoms with E-state index in [1.54, 1.807) is 0 Å². The molecule has 0 saturated heterocycles. The third kappa shape index (κ3) is 2.92. The number of ether oxygens (including phenoxy) is 2. The van der Waals surface area contributed by atoms with Crippen LogP contribution in [0.15, 0.2) is 42.5 Å². The van der Waals surface area contributed by atoms with Crippen molar-refractivity contribution in [1.82, 2.24) is 4.90 Å². The van der Waals surface area contributed by atoms with Crippen molar-refractivity contribution in [1.29, 1.82) is 0 Å². The summed E-state index contributed by atoms with van der Waals surface area (Å²) in [4.78, 5) is 15.4. The Morgan fingerprint density at radius 1 is 1.12 bits per heavy atom. The van der Waals surface area contributed by atoms with Crippen molar-refractivity contribution in [2.45, 2.75) is 38.1 Å². The van der Waals surface area contributed by atoms with Gasteiger partial charge in [-0.15, -0.1) is 0 Å². The number of likely N-dealkylation sites (N-methyl/N-ethyl adjacent to an activating group) is 1. The van der Waals surface area contributed by atoms with Gasteiger partial charge in [-0.2, -0.15) is 0 Å². The maximum Gasteiger partial charge on any atom is 0.233 e. The Morgan fingerprint density at radius 2 is 1.85 bits per heavy atom. The van der Waals surface area contributed by atoms with Crippen LogP contribution in [0.1, 0.15) is 37.3 Å². The molecule has 4 rings (SSSR count). The fraction of sp³-hybridized carbons (Fsp3) is 0.381. The van der Waals surface area contributed by atoms with Crippen LogP contribution < -0.4 is 9.47 Å². The van der Waals surface area contributed by atoms with Gasteiger partial charge in [0.25, 0.3) is 0 Å². The van der Waals surface area contributed by atoms with Crippen molar-refractivity contribution in [3.05, 3.63) is 58.6 Å². The van der Waals surface area contributed by atoms with Gasteiger partial charge in [0.1, 0.15) is 0 Å². The van der Waals surface area contributed by atoms with E-state index in [0.29, 0.717) is 18.1 Å². The van der Waals surface area contributed by atoms with E-state index in [1.165, 1.54) is 0 Å². The van der Waals surface area contributed by atoms with E-state index < -0.39 is 5.41 Å². The lowest BCUT2D eigenvalue weighted by Gasteiger charge is -2.44. The van der Waals surface area contributed by atoms with Crippen LogP contribution in [-0.4, -0.2) is 24.1 Å². The van der Waals surface area contributed by atoms with Gasteiger partial charge in [0.05, 0.1) is 5.41 Å². The highest BCUT2D eigenvalue weighted by molar-refractivity contribution is 6.30. The number of rotatable bonds is 5. The number of benzene rings is 2. The molecule has 1 fully saturated rings. The Morgan fingerprint density at radius 3 is 2.50 bits per heavy atom. The monoisotopic (exact) mass is 371 g/mol. The summed E-state index contributed by atoms with van der Waals surface area (Å²) in [6.45, 7) is 3.53. The number of amides is 1. The first-order valence-corrected chi connectivity index (χ1v) is 9.44. The topological polar surface area (TPSA) is 38.8 Å². The predicted octanol–water partition coefficient (Wildman–Crippen LogP) is 4.54. The van der Waals surface area contributed by atoms with Gasteiger partial charge in [0, 0.05) is 18.1 Å². The number of carbonyl (C=O) groups excluding carboxylic acids is 1. The molecule has 136 valence electrons. The van der Waals surface area contributed by atoms with Crippen LogP contribution in [0.4, 0.5) is 0 Å². The zero-order valence-corrected chi connectivity index (χ0v) is 15.6.